The van der Waals surface area contributed by atoms with Crippen molar-refractivity contribution < 1.29 is 13.2 Å². The maximum absolute atomic E-state index is 12.8. The van der Waals surface area contributed by atoms with Crippen molar-refractivity contribution in [2.75, 3.05) is 16.9 Å². The van der Waals surface area contributed by atoms with Crippen LogP contribution in [0.2, 0.25) is 0 Å². The van der Waals surface area contributed by atoms with E-state index in [2.05, 4.69) is 20.0 Å². The number of hydrogen-bond donors (Lipinski definition) is 2. The van der Waals surface area contributed by atoms with E-state index < -0.39 is 15.7 Å². The Morgan fingerprint density at radius 2 is 2.04 bits per heavy atom. The molecule has 0 fully saturated rings. The molecule has 0 bridgehead atoms. The van der Waals surface area contributed by atoms with Gasteiger partial charge in [0.15, 0.2) is 9.84 Å². The maximum atomic E-state index is 12.8. The number of amides is 1. The number of benzene rings is 1. The molecule has 0 radical (unpaired) electrons. The molecule has 0 saturated heterocycles. The highest BCUT2D eigenvalue weighted by atomic mass is 32.2. The zero-order valence-electron chi connectivity index (χ0n) is 14.9. The quantitative estimate of drug-likeness (QED) is 0.658. The molecule has 28 heavy (non-hydrogen) atoms. The van der Waals surface area contributed by atoms with Crippen LogP contribution in [0.4, 0.5) is 16.5 Å². The molecule has 2 N–H and O–H groups in total. The topological polar surface area (TPSA) is 125 Å². The lowest BCUT2D eigenvalue weighted by atomic mass is 10.2. The molecule has 2 aromatic heterocycles. The number of carbonyl (C=O) groups excluding carboxylic acids is 1. The number of aromatic nitrogens is 2. The molecule has 10 heteroatoms. The summed E-state index contributed by atoms with van der Waals surface area (Å²) in [5, 5.41) is 15.1. The van der Waals surface area contributed by atoms with Crippen LogP contribution >= 0.6 is 11.5 Å². The highest BCUT2D eigenvalue weighted by Crippen LogP contribution is 2.28. The molecule has 0 aliphatic carbocycles. The fourth-order valence-electron chi connectivity index (χ4n) is 2.37. The standard InChI is InChI=1S/C18H15N5O3S2/c1-11-16(17(24)21-13-4-3-5-14(8-13)28(2,25)26)18(27-23-11)22-15-7-6-12(9-19)10-20-15/h3-8,10H,1-2H3,(H,20,22)(H,21,24). The molecular weight excluding hydrogens is 398 g/mol. The van der Waals surface area contributed by atoms with E-state index in [1.165, 1.54) is 18.3 Å². The molecule has 142 valence electrons. The van der Waals surface area contributed by atoms with Crippen LogP contribution in [0.3, 0.4) is 0 Å². The average Bonchev–Trinajstić information content (AvgIpc) is 3.02. The summed E-state index contributed by atoms with van der Waals surface area (Å²) >= 11 is 1.10. The van der Waals surface area contributed by atoms with E-state index in [1.807, 2.05) is 6.07 Å². The van der Waals surface area contributed by atoms with Gasteiger partial charge in [-0.1, -0.05) is 6.07 Å². The second-order valence-electron chi connectivity index (χ2n) is 5.90. The van der Waals surface area contributed by atoms with Gasteiger partial charge in [-0.15, -0.1) is 0 Å². The number of aryl methyl sites for hydroxylation is 1. The lowest BCUT2D eigenvalue weighted by Gasteiger charge is -2.09. The molecule has 8 nitrogen and oxygen atoms in total. The van der Waals surface area contributed by atoms with Crippen LogP contribution in [-0.4, -0.2) is 29.9 Å². The maximum Gasteiger partial charge on any atom is 0.260 e. The Balaban J connectivity index is 1.85. The van der Waals surface area contributed by atoms with Crippen LogP contribution in [-0.2, 0) is 9.84 Å². The molecule has 0 aliphatic heterocycles. The minimum atomic E-state index is -3.38. The summed E-state index contributed by atoms with van der Waals surface area (Å²) in [4.78, 5) is 17.0. The predicted octanol–water partition coefficient (Wildman–Crippen LogP) is 3.12. The van der Waals surface area contributed by atoms with E-state index in [0.29, 0.717) is 33.3 Å². The van der Waals surface area contributed by atoms with Gasteiger partial charge in [0.05, 0.1) is 21.7 Å². The van der Waals surface area contributed by atoms with Crippen molar-refractivity contribution in [1.82, 2.24) is 9.36 Å². The normalized spacial score (nSPS) is 10.9. The number of anilines is 3. The van der Waals surface area contributed by atoms with Crippen LogP contribution in [0.25, 0.3) is 0 Å². The predicted molar refractivity (Wildman–Crippen MR) is 107 cm³/mol. The molecule has 0 aliphatic rings. The zero-order valence-corrected chi connectivity index (χ0v) is 16.6. The number of carbonyl (C=O) groups is 1. The molecule has 0 spiro atoms. The van der Waals surface area contributed by atoms with Gasteiger partial charge in [0.1, 0.15) is 16.9 Å². The number of nitriles is 1. The van der Waals surface area contributed by atoms with E-state index in [-0.39, 0.29) is 4.90 Å². The van der Waals surface area contributed by atoms with Crippen molar-refractivity contribution in [1.29, 1.82) is 5.26 Å². The van der Waals surface area contributed by atoms with Crippen molar-refractivity contribution in [3.63, 3.8) is 0 Å². The smallest absolute Gasteiger partial charge is 0.260 e. The minimum Gasteiger partial charge on any atom is -0.330 e. The molecule has 3 aromatic rings. The average molecular weight is 413 g/mol. The van der Waals surface area contributed by atoms with E-state index in [0.717, 1.165) is 17.8 Å². The van der Waals surface area contributed by atoms with Gasteiger partial charge in [0.25, 0.3) is 5.91 Å². The molecule has 1 amide bonds. The van der Waals surface area contributed by atoms with Crippen molar-refractivity contribution in [2.45, 2.75) is 11.8 Å². The summed E-state index contributed by atoms with van der Waals surface area (Å²) in [6, 6.07) is 11.3. The third-order valence-corrected chi connectivity index (χ3v) is 5.71. The second-order valence-corrected chi connectivity index (χ2v) is 8.68. The van der Waals surface area contributed by atoms with Crippen LogP contribution in [0, 0.1) is 18.3 Å². The highest BCUT2D eigenvalue weighted by Gasteiger charge is 2.20. The summed E-state index contributed by atoms with van der Waals surface area (Å²) in [6.07, 6.45) is 2.53. The molecule has 2 heterocycles. The zero-order chi connectivity index (χ0) is 20.3. The summed E-state index contributed by atoms with van der Waals surface area (Å²) in [5.41, 5.74) is 1.65. The van der Waals surface area contributed by atoms with Crippen molar-refractivity contribution >= 4 is 43.8 Å². The van der Waals surface area contributed by atoms with Gasteiger partial charge in [-0.05, 0) is 48.8 Å². The molecule has 0 unspecified atom stereocenters. The van der Waals surface area contributed by atoms with Gasteiger partial charge in [-0.2, -0.15) is 9.64 Å². The number of hydrogen-bond acceptors (Lipinski definition) is 8. The first-order chi connectivity index (χ1) is 13.3. The van der Waals surface area contributed by atoms with Crippen molar-refractivity contribution in [2.24, 2.45) is 0 Å². The lowest BCUT2D eigenvalue weighted by molar-refractivity contribution is 0.102. The van der Waals surface area contributed by atoms with Gasteiger partial charge >= 0.3 is 0 Å². The Morgan fingerprint density at radius 3 is 2.68 bits per heavy atom. The first-order valence-electron chi connectivity index (χ1n) is 7.99. The number of rotatable bonds is 5. The first kappa shape index (κ1) is 19.5. The van der Waals surface area contributed by atoms with Crippen molar-refractivity contribution in [3.8, 4) is 6.07 Å². The van der Waals surface area contributed by atoms with Gasteiger partial charge in [-0.25, -0.2) is 13.4 Å². The van der Waals surface area contributed by atoms with Crippen LogP contribution in [0.1, 0.15) is 21.6 Å². The summed E-state index contributed by atoms with van der Waals surface area (Å²) in [5.74, 6) is 0.0452. The van der Waals surface area contributed by atoms with Crippen molar-refractivity contribution in [3.05, 3.63) is 59.4 Å². The number of pyridine rings is 1. The fourth-order valence-corrected chi connectivity index (χ4v) is 3.84. The molecule has 1 aromatic carbocycles. The summed E-state index contributed by atoms with van der Waals surface area (Å²) in [7, 11) is -3.38. The number of nitrogens with one attached hydrogen (secondary N) is 2. The molecular formula is C18H15N5O3S2. The Morgan fingerprint density at radius 1 is 1.25 bits per heavy atom. The summed E-state index contributed by atoms with van der Waals surface area (Å²) in [6.45, 7) is 1.70. The number of nitrogens with zero attached hydrogens (tertiary/aromatic N) is 3. The van der Waals surface area contributed by atoms with Crippen LogP contribution < -0.4 is 10.6 Å². The molecule has 3 rings (SSSR count). The monoisotopic (exact) mass is 413 g/mol. The Hall–Kier alpha value is -3.29. The van der Waals surface area contributed by atoms with E-state index in [4.69, 9.17) is 5.26 Å². The van der Waals surface area contributed by atoms with Gasteiger partial charge in [-0.3, -0.25) is 4.79 Å². The van der Waals surface area contributed by atoms with Crippen LogP contribution in [0.15, 0.2) is 47.5 Å². The van der Waals surface area contributed by atoms with Gasteiger partial charge in [0, 0.05) is 18.1 Å². The van der Waals surface area contributed by atoms with E-state index in [1.54, 1.807) is 31.2 Å². The number of sulfone groups is 1. The Labute approximate surface area is 166 Å². The van der Waals surface area contributed by atoms with Gasteiger partial charge in [0.2, 0.25) is 0 Å². The second kappa shape index (κ2) is 7.75. The third-order valence-electron chi connectivity index (χ3n) is 3.74. The summed E-state index contributed by atoms with van der Waals surface area (Å²) < 4.78 is 27.6. The fraction of sp³-hybridized carbons (Fsp3) is 0.111. The van der Waals surface area contributed by atoms with Gasteiger partial charge < -0.3 is 10.6 Å². The third kappa shape index (κ3) is 4.33. The van der Waals surface area contributed by atoms with E-state index >= 15 is 0 Å². The highest BCUT2D eigenvalue weighted by molar-refractivity contribution is 7.90. The molecule has 0 atom stereocenters. The Kier molecular flexibility index (Phi) is 5.39. The largest absolute Gasteiger partial charge is 0.330 e. The minimum absolute atomic E-state index is 0.116. The SMILES string of the molecule is Cc1nsc(Nc2ccc(C#N)cn2)c1C(=O)Nc1cccc(S(C)(=O)=O)c1. The molecule has 0 saturated carbocycles. The van der Waals surface area contributed by atoms with Crippen LogP contribution in [0.5, 0.6) is 0 Å². The Bertz CT molecular complexity index is 1180. The first-order valence-corrected chi connectivity index (χ1v) is 10.7. The lowest BCUT2D eigenvalue weighted by Crippen LogP contribution is -2.14. The van der Waals surface area contributed by atoms with E-state index in [9.17, 15) is 13.2 Å².